The van der Waals surface area contributed by atoms with Crippen LogP contribution >= 0.6 is 0 Å². The Bertz CT molecular complexity index is 937. The van der Waals surface area contributed by atoms with Crippen molar-refractivity contribution >= 4 is 17.3 Å². The summed E-state index contributed by atoms with van der Waals surface area (Å²) in [7, 11) is 0. The first-order valence-corrected chi connectivity index (χ1v) is 9.63. The number of nitrogens with one attached hydrogen (secondary N) is 1. The highest BCUT2D eigenvalue weighted by Gasteiger charge is 2.15. The summed E-state index contributed by atoms with van der Waals surface area (Å²) < 4.78 is 5.93. The van der Waals surface area contributed by atoms with Crippen LogP contribution in [0.15, 0.2) is 73.1 Å². The van der Waals surface area contributed by atoms with Crippen LogP contribution in [-0.4, -0.2) is 24.0 Å². The second kappa shape index (κ2) is 8.57. The molecule has 28 heavy (non-hydrogen) atoms. The number of para-hydroxylation sites is 3. The zero-order valence-electron chi connectivity index (χ0n) is 15.7. The van der Waals surface area contributed by atoms with Gasteiger partial charge >= 0.3 is 0 Å². The SMILES string of the molecule is O=C(Nc1ccccc1Oc1ccccc1)c1cncc(N2CCCCC2)c1. The smallest absolute Gasteiger partial charge is 0.257 e. The quantitative estimate of drug-likeness (QED) is 0.675. The molecule has 0 aliphatic carbocycles. The van der Waals surface area contributed by atoms with E-state index in [9.17, 15) is 4.79 Å². The standard InChI is InChI=1S/C23H23N3O2/c27-23(18-15-19(17-24-16-18)26-13-7-2-8-14-26)25-21-11-5-6-12-22(21)28-20-9-3-1-4-10-20/h1,3-6,9-12,15-17H,2,7-8,13-14H2,(H,25,27). The van der Waals surface area contributed by atoms with Crippen LogP contribution in [0, 0.1) is 0 Å². The van der Waals surface area contributed by atoms with E-state index >= 15 is 0 Å². The number of piperidine rings is 1. The molecule has 0 saturated carbocycles. The van der Waals surface area contributed by atoms with E-state index in [0.29, 0.717) is 17.0 Å². The lowest BCUT2D eigenvalue weighted by Crippen LogP contribution is -2.29. The van der Waals surface area contributed by atoms with Gasteiger partial charge in [0.05, 0.1) is 23.1 Å². The predicted molar refractivity (Wildman–Crippen MR) is 111 cm³/mol. The molecule has 0 radical (unpaired) electrons. The molecule has 1 aromatic heterocycles. The van der Waals surface area contributed by atoms with Crippen LogP contribution in [0.3, 0.4) is 0 Å². The van der Waals surface area contributed by atoms with Crippen molar-refractivity contribution in [2.45, 2.75) is 19.3 Å². The number of nitrogens with zero attached hydrogens (tertiary/aromatic N) is 2. The number of carbonyl (C=O) groups excluding carboxylic acids is 1. The normalized spacial score (nSPS) is 13.8. The monoisotopic (exact) mass is 373 g/mol. The molecule has 2 heterocycles. The summed E-state index contributed by atoms with van der Waals surface area (Å²) in [5, 5.41) is 2.95. The van der Waals surface area contributed by atoms with E-state index in [0.717, 1.165) is 24.5 Å². The van der Waals surface area contributed by atoms with Crippen molar-refractivity contribution in [1.29, 1.82) is 0 Å². The maximum atomic E-state index is 12.8. The maximum Gasteiger partial charge on any atom is 0.257 e. The summed E-state index contributed by atoms with van der Waals surface area (Å²) in [5.41, 5.74) is 2.17. The third-order valence-electron chi connectivity index (χ3n) is 4.81. The van der Waals surface area contributed by atoms with E-state index in [1.807, 2.05) is 66.9 Å². The Morgan fingerprint density at radius 3 is 2.50 bits per heavy atom. The number of hydrogen-bond donors (Lipinski definition) is 1. The molecule has 3 aromatic rings. The van der Waals surface area contributed by atoms with E-state index in [1.165, 1.54) is 19.3 Å². The van der Waals surface area contributed by atoms with Crippen LogP contribution in [0.4, 0.5) is 11.4 Å². The van der Waals surface area contributed by atoms with E-state index in [1.54, 1.807) is 6.20 Å². The summed E-state index contributed by atoms with van der Waals surface area (Å²) in [6.45, 7) is 2.03. The Morgan fingerprint density at radius 1 is 0.929 bits per heavy atom. The van der Waals surface area contributed by atoms with Gasteiger partial charge in [0, 0.05) is 19.3 Å². The Labute approximate surface area is 165 Å². The van der Waals surface area contributed by atoms with Gasteiger partial charge in [-0.2, -0.15) is 0 Å². The topological polar surface area (TPSA) is 54.5 Å². The van der Waals surface area contributed by atoms with Gasteiger partial charge in [-0.3, -0.25) is 9.78 Å². The van der Waals surface area contributed by atoms with Crippen LogP contribution in [0.25, 0.3) is 0 Å². The molecule has 1 fully saturated rings. The second-order valence-corrected chi connectivity index (χ2v) is 6.84. The van der Waals surface area contributed by atoms with Crippen LogP contribution in [0.2, 0.25) is 0 Å². The molecule has 1 saturated heterocycles. The minimum Gasteiger partial charge on any atom is -0.455 e. The molecule has 0 bridgehead atoms. The third-order valence-corrected chi connectivity index (χ3v) is 4.81. The van der Waals surface area contributed by atoms with Crippen molar-refractivity contribution in [3.8, 4) is 11.5 Å². The van der Waals surface area contributed by atoms with Gasteiger partial charge in [0.25, 0.3) is 5.91 Å². The molecule has 2 aromatic carbocycles. The highest BCUT2D eigenvalue weighted by Crippen LogP contribution is 2.29. The molecular weight excluding hydrogens is 350 g/mol. The van der Waals surface area contributed by atoms with Gasteiger partial charge in [0.2, 0.25) is 0 Å². The van der Waals surface area contributed by atoms with Crippen LogP contribution in [-0.2, 0) is 0 Å². The Morgan fingerprint density at radius 2 is 1.68 bits per heavy atom. The number of hydrogen-bond acceptors (Lipinski definition) is 4. The Kier molecular flexibility index (Phi) is 5.52. The molecule has 5 nitrogen and oxygen atoms in total. The van der Waals surface area contributed by atoms with Gasteiger partial charge < -0.3 is 15.0 Å². The fourth-order valence-electron chi connectivity index (χ4n) is 3.35. The first kappa shape index (κ1) is 18.0. The fraction of sp³-hybridized carbons (Fsp3) is 0.217. The molecule has 142 valence electrons. The van der Waals surface area contributed by atoms with Crippen molar-refractivity contribution in [1.82, 2.24) is 4.98 Å². The maximum absolute atomic E-state index is 12.8. The van der Waals surface area contributed by atoms with E-state index < -0.39 is 0 Å². The molecule has 0 spiro atoms. The van der Waals surface area contributed by atoms with Gasteiger partial charge in [-0.15, -0.1) is 0 Å². The molecule has 1 aliphatic heterocycles. The van der Waals surface area contributed by atoms with Crippen molar-refractivity contribution in [2.24, 2.45) is 0 Å². The average molecular weight is 373 g/mol. The first-order valence-electron chi connectivity index (χ1n) is 9.63. The number of carbonyl (C=O) groups is 1. The van der Waals surface area contributed by atoms with Crippen LogP contribution < -0.4 is 15.0 Å². The minimum absolute atomic E-state index is 0.199. The summed E-state index contributed by atoms with van der Waals surface area (Å²) in [6.07, 6.45) is 7.06. The molecule has 0 unspecified atom stereocenters. The first-order chi connectivity index (χ1) is 13.8. The molecule has 1 aliphatic rings. The van der Waals surface area contributed by atoms with E-state index in [2.05, 4.69) is 15.2 Å². The van der Waals surface area contributed by atoms with Gasteiger partial charge in [-0.05, 0) is 49.6 Å². The molecule has 1 N–H and O–H groups in total. The average Bonchev–Trinajstić information content (AvgIpc) is 2.76. The van der Waals surface area contributed by atoms with Crippen molar-refractivity contribution in [2.75, 3.05) is 23.3 Å². The summed E-state index contributed by atoms with van der Waals surface area (Å²) >= 11 is 0. The largest absolute Gasteiger partial charge is 0.455 e. The van der Waals surface area contributed by atoms with Crippen LogP contribution in [0.5, 0.6) is 11.5 Å². The lowest BCUT2D eigenvalue weighted by atomic mass is 10.1. The zero-order chi connectivity index (χ0) is 19.2. The Balaban J connectivity index is 1.51. The van der Waals surface area contributed by atoms with Gasteiger partial charge in [0.1, 0.15) is 5.75 Å². The lowest BCUT2D eigenvalue weighted by molar-refractivity contribution is 0.102. The van der Waals surface area contributed by atoms with E-state index in [4.69, 9.17) is 4.74 Å². The van der Waals surface area contributed by atoms with Crippen molar-refractivity contribution in [3.63, 3.8) is 0 Å². The van der Waals surface area contributed by atoms with Gasteiger partial charge in [-0.1, -0.05) is 30.3 Å². The number of ether oxygens (including phenoxy) is 1. The second-order valence-electron chi connectivity index (χ2n) is 6.84. The van der Waals surface area contributed by atoms with Crippen molar-refractivity contribution < 1.29 is 9.53 Å². The molecule has 5 heteroatoms. The minimum atomic E-state index is -0.199. The molecular formula is C23H23N3O2. The van der Waals surface area contributed by atoms with E-state index in [-0.39, 0.29) is 5.91 Å². The fourth-order valence-corrected chi connectivity index (χ4v) is 3.35. The number of aromatic nitrogens is 1. The highest BCUT2D eigenvalue weighted by atomic mass is 16.5. The Hall–Kier alpha value is -3.34. The zero-order valence-corrected chi connectivity index (χ0v) is 15.7. The summed E-state index contributed by atoms with van der Waals surface area (Å²) in [4.78, 5) is 19.4. The van der Waals surface area contributed by atoms with Crippen LogP contribution in [0.1, 0.15) is 29.6 Å². The number of rotatable bonds is 5. The molecule has 4 rings (SSSR count). The number of amides is 1. The number of pyridine rings is 1. The molecule has 1 amide bonds. The molecule has 0 atom stereocenters. The third kappa shape index (κ3) is 4.31. The highest BCUT2D eigenvalue weighted by molar-refractivity contribution is 6.05. The number of anilines is 2. The van der Waals surface area contributed by atoms with Gasteiger partial charge in [-0.25, -0.2) is 0 Å². The lowest BCUT2D eigenvalue weighted by Gasteiger charge is -2.28. The summed E-state index contributed by atoms with van der Waals surface area (Å²) in [6, 6.07) is 18.8. The van der Waals surface area contributed by atoms with Gasteiger partial charge in [0.15, 0.2) is 5.75 Å². The summed E-state index contributed by atoms with van der Waals surface area (Å²) in [5.74, 6) is 1.12. The number of benzene rings is 2. The van der Waals surface area contributed by atoms with Crippen molar-refractivity contribution in [3.05, 3.63) is 78.6 Å². The predicted octanol–water partition coefficient (Wildman–Crippen LogP) is 5.12.